The molecule has 0 radical (unpaired) electrons. The molecule has 1 aliphatic rings. The molecule has 1 saturated heterocycles. The van der Waals surface area contributed by atoms with Gasteiger partial charge in [-0.05, 0) is 42.5 Å². The monoisotopic (exact) mass is 386 g/mol. The van der Waals surface area contributed by atoms with Gasteiger partial charge >= 0.3 is 0 Å². The van der Waals surface area contributed by atoms with Crippen LogP contribution < -0.4 is 9.62 Å². The number of benzene rings is 2. The predicted octanol–water partition coefficient (Wildman–Crippen LogP) is 3.63. The number of morpholine rings is 1. The summed E-state index contributed by atoms with van der Waals surface area (Å²) in [5, 5.41) is 0.430. The van der Waals surface area contributed by atoms with Gasteiger partial charge in [-0.2, -0.15) is 0 Å². The SMILES string of the molecule is O=S(=O)(Nc1ccc(N2CCOCC2)cc1)c1cc(Cl)ccc1Cl. The van der Waals surface area contributed by atoms with Gasteiger partial charge in [0.15, 0.2) is 0 Å². The molecular formula is C16H16Cl2N2O3S. The predicted molar refractivity (Wildman–Crippen MR) is 96.7 cm³/mol. The van der Waals surface area contributed by atoms with Crippen LogP contribution in [0.25, 0.3) is 0 Å². The van der Waals surface area contributed by atoms with Crippen molar-refractivity contribution in [2.45, 2.75) is 4.90 Å². The summed E-state index contributed by atoms with van der Waals surface area (Å²) in [5.74, 6) is 0. The van der Waals surface area contributed by atoms with Crippen LogP contribution in [0.2, 0.25) is 10.0 Å². The molecule has 1 N–H and O–H groups in total. The summed E-state index contributed by atoms with van der Waals surface area (Å²) in [4.78, 5) is 2.14. The third-order valence-corrected chi connectivity index (χ3v) is 5.78. The van der Waals surface area contributed by atoms with Crippen LogP contribution in [0.5, 0.6) is 0 Å². The second kappa shape index (κ2) is 7.19. The van der Waals surface area contributed by atoms with Crippen LogP contribution in [-0.2, 0) is 14.8 Å². The van der Waals surface area contributed by atoms with E-state index in [4.69, 9.17) is 27.9 Å². The van der Waals surface area contributed by atoms with Gasteiger partial charge < -0.3 is 9.64 Å². The van der Waals surface area contributed by atoms with Crippen molar-refractivity contribution in [2.24, 2.45) is 0 Å². The maximum atomic E-state index is 12.5. The van der Waals surface area contributed by atoms with Crippen molar-refractivity contribution in [2.75, 3.05) is 35.9 Å². The Bertz CT molecular complexity index is 820. The van der Waals surface area contributed by atoms with E-state index in [-0.39, 0.29) is 9.92 Å². The highest BCUT2D eigenvalue weighted by Gasteiger charge is 2.19. The van der Waals surface area contributed by atoms with E-state index in [1.165, 1.54) is 12.1 Å². The highest BCUT2D eigenvalue weighted by molar-refractivity contribution is 7.92. The lowest BCUT2D eigenvalue weighted by molar-refractivity contribution is 0.122. The minimum atomic E-state index is -3.80. The quantitative estimate of drug-likeness (QED) is 0.871. The molecule has 3 rings (SSSR count). The molecule has 1 aliphatic heterocycles. The lowest BCUT2D eigenvalue weighted by Crippen LogP contribution is -2.36. The molecule has 2 aromatic carbocycles. The highest BCUT2D eigenvalue weighted by Crippen LogP contribution is 2.27. The fourth-order valence-electron chi connectivity index (χ4n) is 2.46. The standard InChI is InChI=1S/C16H16Cl2N2O3S/c17-12-1-6-15(18)16(11-12)24(21,22)19-13-2-4-14(5-3-13)20-7-9-23-10-8-20/h1-6,11,19H,7-10H2. The smallest absolute Gasteiger partial charge is 0.263 e. The zero-order valence-electron chi connectivity index (χ0n) is 12.7. The van der Waals surface area contributed by atoms with Crippen molar-refractivity contribution >= 4 is 44.6 Å². The van der Waals surface area contributed by atoms with Crippen molar-refractivity contribution < 1.29 is 13.2 Å². The van der Waals surface area contributed by atoms with Crippen molar-refractivity contribution in [3.63, 3.8) is 0 Å². The van der Waals surface area contributed by atoms with E-state index in [1.807, 2.05) is 12.1 Å². The largest absolute Gasteiger partial charge is 0.378 e. The highest BCUT2D eigenvalue weighted by atomic mass is 35.5. The lowest BCUT2D eigenvalue weighted by atomic mass is 10.2. The first-order valence-electron chi connectivity index (χ1n) is 7.36. The zero-order chi connectivity index (χ0) is 17.2. The molecule has 8 heteroatoms. The zero-order valence-corrected chi connectivity index (χ0v) is 15.0. The number of anilines is 2. The number of rotatable bonds is 4. The fourth-order valence-corrected chi connectivity index (χ4v) is 4.28. The molecule has 5 nitrogen and oxygen atoms in total. The minimum absolute atomic E-state index is 0.0473. The average molecular weight is 387 g/mol. The van der Waals surface area contributed by atoms with E-state index in [1.54, 1.807) is 18.2 Å². The van der Waals surface area contributed by atoms with Gasteiger partial charge in [-0.15, -0.1) is 0 Å². The molecule has 1 fully saturated rings. The molecule has 0 aliphatic carbocycles. The van der Waals surface area contributed by atoms with Crippen molar-refractivity contribution in [3.05, 3.63) is 52.5 Å². The second-order valence-corrected chi connectivity index (χ2v) is 7.82. The number of nitrogens with zero attached hydrogens (tertiary/aromatic N) is 1. The third-order valence-electron chi connectivity index (χ3n) is 3.68. The number of hydrogen-bond acceptors (Lipinski definition) is 4. The van der Waals surface area contributed by atoms with Crippen molar-refractivity contribution in [1.82, 2.24) is 0 Å². The van der Waals surface area contributed by atoms with Gasteiger partial charge in [0.2, 0.25) is 0 Å². The molecule has 1 heterocycles. The minimum Gasteiger partial charge on any atom is -0.378 e. The molecule has 128 valence electrons. The second-order valence-electron chi connectivity index (χ2n) is 5.33. The number of ether oxygens (including phenoxy) is 1. The van der Waals surface area contributed by atoms with Crippen LogP contribution in [0.3, 0.4) is 0 Å². The Kier molecular flexibility index (Phi) is 5.20. The molecule has 0 atom stereocenters. The first kappa shape index (κ1) is 17.4. The normalized spacial score (nSPS) is 15.3. The van der Waals surface area contributed by atoms with Gasteiger partial charge in [0, 0.05) is 29.5 Å². The van der Waals surface area contributed by atoms with E-state index in [0.717, 1.165) is 18.8 Å². The van der Waals surface area contributed by atoms with Crippen molar-refractivity contribution in [1.29, 1.82) is 0 Å². The maximum Gasteiger partial charge on any atom is 0.263 e. The van der Waals surface area contributed by atoms with Crippen LogP contribution in [0.15, 0.2) is 47.4 Å². The average Bonchev–Trinajstić information content (AvgIpc) is 2.58. The molecule has 0 unspecified atom stereocenters. The Balaban J connectivity index is 1.78. The lowest BCUT2D eigenvalue weighted by Gasteiger charge is -2.28. The molecule has 0 amide bonds. The van der Waals surface area contributed by atoms with Gasteiger partial charge in [-0.25, -0.2) is 8.42 Å². The van der Waals surface area contributed by atoms with E-state index >= 15 is 0 Å². The summed E-state index contributed by atoms with van der Waals surface area (Å²) in [6, 6.07) is 11.5. The van der Waals surface area contributed by atoms with Crippen LogP contribution in [0, 0.1) is 0 Å². The first-order chi connectivity index (χ1) is 11.5. The van der Waals surface area contributed by atoms with Crippen molar-refractivity contribution in [3.8, 4) is 0 Å². The topological polar surface area (TPSA) is 58.6 Å². The van der Waals surface area contributed by atoms with E-state index in [0.29, 0.717) is 23.9 Å². The van der Waals surface area contributed by atoms with Crippen LogP contribution in [0.4, 0.5) is 11.4 Å². The van der Waals surface area contributed by atoms with Crippen LogP contribution >= 0.6 is 23.2 Å². The van der Waals surface area contributed by atoms with Gasteiger partial charge in [-0.1, -0.05) is 23.2 Å². The van der Waals surface area contributed by atoms with Crippen LogP contribution in [0.1, 0.15) is 0 Å². The van der Waals surface area contributed by atoms with Gasteiger partial charge in [-0.3, -0.25) is 4.72 Å². The Morgan fingerprint density at radius 3 is 2.33 bits per heavy atom. The Labute approximate surface area is 151 Å². The molecular weight excluding hydrogens is 371 g/mol. The number of halogens is 2. The third kappa shape index (κ3) is 3.95. The summed E-state index contributed by atoms with van der Waals surface area (Å²) in [6.07, 6.45) is 0. The number of nitrogens with one attached hydrogen (secondary N) is 1. The number of sulfonamides is 1. The summed E-state index contributed by atoms with van der Waals surface area (Å²) in [6.45, 7) is 3.04. The Morgan fingerprint density at radius 2 is 1.67 bits per heavy atom. The fraction of sp³-hybridized carbons (Fsp3) is 0.250. The first-order valence-corrected chi connectivity index (χ1v) is 9.60. The summed E-state index contributed by atoms with van der Waals surface area (Å²) < 4.78 is 32.8. The Hall–Kier alpha value is -1.47. The van der Waals surface area contributed by atoms with E-state index in [2.05, 4.69) is 9.62 Å². The Morgan fingerprint density at radius 1 is 1.00 bits per heavy atom. The molecule has 24 heavy (non-hydrogen) atoms. The molecule has 0 spiro atoms. The van der Waals surface area contributed by atoms with Gasteiger partial charge in [0.1, 0.15) is 4.90 Å². The summed E-state index contributed by atoms with van der Waals surface area (Å²) in [5.41, 5.74) is 1.49. The maximum absolute atomic E-state index is 12.5. The molecule has 0 saturated carbocycles. The summed E-state index contributed by atoms with van der Waals surface area (Å²) >= 11 is 11.8. The van der Waals surface area contributed by atoms with E-state index < -0.39 is 10.0 Å². The molecule has 0 bridgehead atoms. The van der Waals surface area contributed by atoms with Gasteiger partial charge in [0.05, 0.1) is 18.2 Å². The van der Waals surface area contributed by atoms with Crippen LogP contribution in [-0.4, -0.2) is 34.7 Å². The number of hydrogen-bond donors (Lipinski definition) is 1. The molecule has 0 aromatic heterocycles. The summed E-state index contributed by atoms with van der Waals surface area (Å²) in [7, 11) is -3.80. The van der Waals surface area contributed by atoms with E-state index in [9.17, 15) is 8.42 Å². The van der Waals surface area contributed by atoms with Gasteiger partial charge in [0.25, 0.3) is 10.0 Å². The molecule has 2 aromatic rings.